The average molecular weight is 526 g/mol. The van der Waals surface area contributed by atoms with Crippen molar-refractivity contribution in [1.29, 1.82) is 0 Å². The number of hydrogen-bond donors (Lipinski definition) is 3. The highest BCUT2D eigenvalue weighted by atomic mass is 32.2. The summed E-state index contributed by atoms with van der Waals surface area (Å²) < 4.78 is 19.9. The van der Waals surface area contributed by atoms with Crippen LogP contribution in [0.5, 0.6) is 5.88 Å². The highest BCUT2D eigenvalue weighted by molar-refractivity contribution is 8.00. The van der Waals surface area contributed by atoms with Gasteiger partial charge in [-0.15, -0.1) is 11.8 Å². The Hall–Kier alpha value is -3.35. The van der Waals surface area contributed by atoms with E-state index < -0.39 is 5.82 Å². The zero-order valence-electron chi connectivity index (χ0n) is 20.4. The maximum absolute atomic E-state index is 14.7. The predicted molar refractivity (Wildman–Crippen MR) is 138 cm³/mol. The first-order chi connectivity index (χ1) is 17.9. The quantitative estimate of drug-likeness (QED) is 0.380. The van der Waals surface area contributed by atoms with Crippen LogP contribution in [0.1, 0.15) is 11.3 Å². The molecule has 0 bridgehead atoms. The van der Waals surface area contributed by atoms with E-state index in [4.69, 9.17) is 10.5 Å². The van der Waals surface area contributed by atoms with Crippen molar-refractivity contribution in [1.82, 2.24) is 25.2 Å². The first-order valence-corrected chi connectivity index (χ1v) is 13.0. The largest absolute Gasteiger partial charge is 0.481 e. The summed E-state index contributed by atoms with van der Waals surface area (Å²) in [5, 5.41) is 6.18. The van der Waals surface area contributed by atoms with Crippen LogP contribution in [0.3, 0.4) is 0 Å². The van der Waals surface area contributed by atoms with E-state index in [1.54, 1.807) is 12.1 Å². The minimum Gasteiger partial charge on any atom is -0.481 e. The lowest BCUT2D eigenvalue weighted by atomic mass is 9.95. The number of anilines is 1. The van der Waals surface area contributed by atoms with Gasteiger partial charge in [0.25, 0.3) is 0 Å². The van der Waals surface area contributed by atoms with E-state index in [2.05, 4.69) is 30.5 Å². The van der Waals surface area contributed by atoms with Crippen molar-refractivity contribution < 1.29 is 18.7 Å². The molecular weight excluding hydrogens is 497 g/mol. The molecule has 0 unspecified atom stereocenters. The molecule has 4 N–H and O–H groups in total. The van der Waals surface area contributed by atoms with Gasteiger partial charge in [-0.1, -0.05) is 0 Å². The van der Waals surface area contributed by atoms with E-state index in [-0.39, 0.29) is 23.7 Å². The number of carbonyl (C=O) groups excluding carboxylic acids is 2. The smallest absolute Gasteiger partial charge is 0.235 e. The lowest BCUT2D eigenvalue weighted by Gasteiger charge is -2.18. The summed E-state index contributed by atoms with van der Waals surface area (Å²) in [4.78, 5) is 40.0. The van der Waals surface area contributed by atoms with E-state index in [0.29, 0.717) is 73.2 Å². The maximum Gasteiger partial charge on any atom is 0.235 e. The summed E-state index contributed by atoms with van der Waals surface area (Å²) in [6.45, 7) is 2.81. The highest BCUT2D eigenvalue weighted by Gasteiger charge is 2.36. The van der Waals surface area contributed by atoms with Crippen molar-refractivity contribution in [3.05, 3.63) is 47.5 Å². The number of hydrogen-bond acceptors (Lipinski definition) is 9. The van der Waals surface area contributed by atoms with Gasteiger partial charge in [-0.2, -0.15) is 0 Å². The van der Waals surface area contributed by atoms with Crippen molar-refractivity contribution in [3.8, 4) is 5.88 Å². The van der Waals surface area contributed by atoms with E-state index in [1.165, 1.54) is 25.1 Å². The van der Waals surface area contributed by atoms with Gasteiger partial charge < -0.3 is 26.0 Å². The molecule has 1 fully saturated rings. The molecule has 2 aliphatic heterocycles. The van der Waals surface area contributed by atoms with Crippen molar-refractivity contribution in [2.45, 2.75) is 17.9 Å². The number of aromatic nitrogens is 3. The van der Waals surface area contributed by atoms with Crippen molar-refractivity contribution in [3.63, 3.8) is 0 Å². The Kier molecular flexibility index (Phi) is 7.49. The number of halogens is 1. The average Bonchev–Trinajstić information content (AvgIpc) is 3.31. The molecule has 0 radical (unpaired) electrons. The van der Waals surface area contributed by atoms with Gasteiger partial charge in [0.1, 0.15) is 11.6 Å². The van der Waals surface area contributed by atoms with Crippen molar-refractivity contribution >= 4 is 40.4 Å². The zero-order chi connectivity index (χ0) is 25.9. The molecule has 10 nitrogen and oxygen atoms in total. The van der Waals surface area contributed by atoms with Crippen LogP contribution in [0, 0.1) is 17.7 Å². The van der Waals surface area contributed by atoms with E-state index in [9.17, 15) is 14.0 Å². The minimum atomic E-state index is -0.413. The fraction of sp³-hybridized carbons (Fsp3) is 0.400. The topological polar surface area (TPSA) is 135 Å². The highest BCUT2D eigenvalue weighted by Crippen LogP contribution is 2.30. The van der Waals surface area contributed by atoms with E-state index in [1.807, 2.05) is 12.1 Å². The lowest BCUT2D eigenvalue weighted by Crippen LogP contribution is -2.35. The number of pyridine rings is 3. The summed E-state index contributed by atoms with van der Waals surface area (Å²) in [5.74, 6) is 0.285. The molecule has 2 aliphatic rings. The lowest BCUT2D eigenvalue weighted by molar-refractivity contribution is -0.122. The summed E-state index contributed by atoms with van der Waals surface area (Å²) in [6, 6.07) is 7.34. The molecular formula is C25H28FN7O3S. The number of likely N-dealkylation sites (tertiary alicyclic amines) is 1. The molecule has 1 saturated heterocycles. The van der Waals surface area contributed by atoms with Gasteiger partial charge in [-0.05, 0) is 30.5 Å². The third kappa shape index (κ3) is 5.65. The number of carbonyl (C=O) groups is 2. The fourth-order valence-corrected chi connectivity index (χ4v) is 5.62. The summed E-state index contributed by atoms with van der Waals surface area (Å²) >= 11 is 1.47. The number of thioether (sulfide) groups is 1. The van der Waals surface area contributed by atoms with Gasteiger partial charge in [0.15, 0.2) is 0 Å². The fourth-order valence-electron chi connectivity index (χ4n) is 4.86. The van der Waals surface area contributed by atoms with Crippen molar-refractivity contribution in [2.24, 2.45) is 17.6 Å². The Bertz CT molecular complexity index is 1340. The minimum absolute atomic E-state index is 0.0163. The number of fused-ring (bicyclic) bond motifs is 2. The third-order valence-electron chi connectivity index (χ3n) is 6.75. The molecule has 5 heterocycles. The van der Waals surface area contributed by atoms with Gasteiger partial charge in [0.05, 0.1) is 46.6 Å². The van der Waals surface area contributed by atoms with Crippen LogP contribution in [-0.2, 0) is 22.6 Å². The number of nitrogens with one attached hydrogen (secondary N) is 2. The van der Waals surface area contributed by atoms with Gasteiger partial charge >= 0.3 is 0 Å². The molecule has 0 aliphatic carbocycles. The molecule has 2 atom stereocenters. The molecule has 12 heteroatoms. The second kappa shape index (κ2) is 11.0. The standard InChI is InChI=1S/C25H28FN7O3S/c1-36-22-5-3-19-23(32-22)16(18(26)10-29-19)6-7-33-11-14(17(12-33)24(27)35)8-28-9-15-2-4-20-25(30-15)31-21(34)13-37-20/h2-5,10,14,17,28H,6-9,11-13H2,1H3,(H2,27,35)(H,30,31,34)/t14-,17+/m1/s1. The Balaban J connectivity index is 1.20. The third-order valence-corrected chi connectivity index (χ3v) is 7.80. The summed E-state index contributed by atoms with van der Waals surface area (Å²) in [6.07, 6.45) is 1.63. The Labute approximate surface area is 217 Å². The summed E-state index contributed by atoms with van der Waals surface area (Å²) in [7, 11) is 1.52. The molecule has 3 aromatic heterocycles. The van der Waals surface area contributed by atoms with E-state index >= 15 is 0 Å². The van der Waals surface area contributed by atoms with Gasteiger partial charge in [0, 0.05) is 44.4 Å². The van der Waals surface area contributed by atoms with Gasteiger partial charge in [-0.3, -0.25) is 14.6 Å². The monoisotopic (exact) mass is 525 g/mol. The molecule has 37 heavy (non-hydrogen) atoms. The van der Waals surface area contributed by atoms with E-state index in [0.717, 1.165) is 10.6 Å². The Morgan fingerprint density at radius 2 is 2.16 bits per heavy atom. The first kappa shape index (κ1) is 25.3. The predicted octanol–water partition coefficient (Wildman–Crippen LogP) is 1.58. The second-order valence-corrected chi connectivity index (χ2v) is 10.2. The number of nitrogens with two attached hydrogens (primary N) is 1. The normalized spacial score (nSPS) is 19.6. The van der Waals surface area contributed by atoms with Crippen molar-refractivity contribution in [2.75, 3.05) is 44.4 Å². The summed E-state index contributed by atoms with van der Waals surface area (Å²) in [5.41, 5.74) is 8.08. The molecule has 194 valence electrons. The molecule has 0 saturated carbocycles. The van der Waals surface area contributed by atoms with Crippen LogP contribution in [0.2, 0.25) is 0 Å². The van der Waals surface area contributed by atoms with Crippen LogP contribution < -0.4 is 21.1 Å². The Morgan fingerprint density at radius 1 is 1.30 bits per heavy atom. The molecule has 0 spiro atoms. The molecule has 0 aromatic carbocycles. The molecule has 5 rings (SSSR count). The molecule has 2 amide bonds. The second-order valence-electron chi connectivity index (χ2n) is 9.20. The van der Waals surface area contributed by atoms with Gasteiger partial charge in [-0.25, -0.2) is 14.4 Å². The van der Waals surface area contributed by atoms with Crippen LogP contribution in [0.4, 0.5) is 10.2 Å². The van der Waals surface area contributed by atoms with Crippen LogP contribution in [0.15, 0.2) is 35.4 Å². The maximum atomic E-state index is 14.7. The number of ether oxygens (including phenoxy) is 1. The van der Waals surface area contributed by atoms with Crippen LogP contribution in [0.25, 0.3) is 11.0 Å². The van der Waals surface area contributed by atoms with Crippen LogP contribution >= 0.6 is 11.8 Å². The number of methoxy groups -OCH3 is 1. The number of nitrogens with zero attached hydrogens (tertiary/aromatic N) is 4. The molecule has 3 aromatic rings. The van der Waals surface area contributed by atoms with Gasteiger partial charge in [0.2, 0.25) is 17.7 Å². The number of primary amides is 1. The zero-order valence-corrected chi connectivity index (χ0v) is 21.2. The Morgan fingerprint density at radius 3 is 2.97 bits per heavy atom. The number of rotatable bonds is 9. The first-order valence-electron chi connectivity index (χ1n) is 12.0. The SMILES string of the molecule is COc1ccc2ncc(F)c(CCN3C[C@@H](CNCc4ccc5c(n4)NC(=O)CS5)[C@@H](C(N)=O)C3)c2n1. The number of amides is 2. The van der Waals surface area contributed by atoms with Crippen LogP contribution in [-0.4, -0.2) is 70.7 Å².